The highest BCUT2D eigenvalue weighted by Gasteiger charge is 2.33. The molecule has 0 spiro atoms. The van der Waals surface area contributed by atoms with Crippen LogP contribution in [0.2, 0.25) is 0 Å². The van der Waals surface area contributed by atoms with Crippen LogP contribution in [-0.2, 0) is 11.2 Å². The molecule has 2 aliphatic rings. The largest absolute Gasteiger partial charge is 0.508 e. The summed E-state index contributed by atoms with van der Waals surface area (Å²) in [5, 5.41) is 13.2. The fourth-order valence-electron chi connectivity index (χ4n) is 3.14. The minimum Gasteiger partial charge on any atom is -0.508 e. The minimum absolute atomic E-state index is 0.384. The van der Waals surface area contributed by atoms with Gasteiger partial charge in [-0.2, -0.15) is 0 Å². The monoisotopic (exact) mass is 247 g/mol. The molecule has 0 heterocycles. The van der Waals surface area contributed by atoms with E-state index in [1.807, 2.05) is 6.07 Å². The van der Waals surface area contributed by atoms with Crippen LogP contribution in [0.25, 0.3) is 0 Å². The Balaban J connectivity index is 1.57. The summed E-state index contributed by atoms with van der Waals surface area (Å²) in [5.41, 5.74) is 2.67. The number of ether oxygens (including phenoxy) is 1. The van der Waals surface area contributed by atoms with Gasteiger partial charge in [-0.1, -0.05) is 6.07 Å². The van der Waals surface area contributed by atoms with Crippen LogP contribution in [-0.4, -0.2) is 23.9 Å². The normalized spacial score (nSPS) is 29.9. The lowest BCUT2D eigenvalue weighted by molar-refractivity contribution is -0.0124. The second-order valence-electron chi connectivity index (χ2n) is 5.39. The van der Waals surface area contributed by atoms with Crippen LogP contribution >= 0.6 is 0 Å². The Bertz CT molecular complexity index is 427. The SMILES string of the molecule is CCOC1CC(NC2CCc3cc(O)ccc32)C1. The molecule has 2 N–H and O–H groups in total. The first-order chi connectivity index (χ1) is 8.76. The van der Waals surface area contributed by atoms with E-state index >= 15 is 0 Å². The van der Waals surface area contributed by atoms with E-state index in [2.05, 4.69) is 18.3 Å². The van der Waals surface area contributed by atoms with Crippen molar-refractivity contribution in [3.63, 3.8) is 0 Å². The molecule has 0 aliphatic heterocycles. The first-order valence-electron chi connectivity index (χ1n) is 6.95. The van der Waals surface area contributed by atoms with Gasteiger partial charge in [0.2, 0.25) is 0 Å². The van der Waals surface area contributed by atoms with Gasteiger partial charge in [0.1, 0.15) is 5.75 Å². The molecule has 0 amide bonds. The molecule has 1 aromatic carbocycles. The van der Waals surface area contributed by atoms with Crippen molar-refractivity contribution in [3.8, 4) is 5.75 Å². The molecule has 1 fully saturated rings. The van der Waals surface area contributed by atoms with Crippen molar-refractivity contribution in [2.45, 2.75) is 50.8 Å². The lowest BCUT2D eigenvalue weighted by Gasteiger charge is -2.37. The number of rotatable bonds is 4. The third-order valence-electron chi connectivity index (χ3n) is 4.14. The maximum absolute atomic E-state index is 9.48. The second-order valence-corrected chi connectivity index (χ2v) is 5.39. The Hall–Kier alpha value is -1.06. The van der Waals surface area contributed by atoms with Gasteiger partial charge in [0.25, 0.3) is 0 Å². The average molecular weight is 247 g/mol. The summed E-state index contributed by atoms with van der Waals surface area (Å²) in [6.45, 7) is 2.88. The highest BCUT2D eigenvalue weighted by molar-refractivity contribution is 5.40. The van der Waals surface area contributed by atoms with Gasteiger partial charge >= 0.3 is 0 Å². The number of phenols is 1. The van der Waals surface area contributed by atoms with Gasteiger partial charge in [-0.05, 0) is 55.9 Å². The smallest absolute Gasteiger partial charge is 0.115 e. The Morgan fingerprint density at radius 3 is 3.00 bits per heavy atom. The number of nitrogens with one attached hydrogen (secondary N) is 1. The molecule has 3 rings (SSSR count). The number of aryl methyl sites for hydroxylation is 1. The topological polar surface area (TPSA) is 41.5 Å². The maximum Gasteiger partial charge on any atom is 0.115 e. The van der Waals surface area contributed by atoms with Crippen molar-refractivity contribution in [3.05, 3.63) is 29.3 Å². The van der Waals surface area contributed by atoms with Crippen molar-refractivity contribution in [1.29, 1.82) is 0 Å². The van der Waals surface area contributed by atoms with Gasteiger partial charge in [0.15, 0.2) is 0 Å². The Morgan fingerprint density at radius 2 is 2.22 bits per heavy atom. The Kier molecular flexibility index (Phi) is 3.27. The first kappa shape index (κ1) is 12.0. The van der Waals surface area contributed by atoms with Crippen molar-refractivity contribution < 1.29 is 9.84 Å². The number of hydrogen-bond acceptors (Lipinski definition) is 3. The van der Waals surface area contributed by atoms with E-state index in [9.17, 15) is 5.11 Å². The molecule has 2 aliphatic carbocycles. The van der Waals surface area contributed by atoms with Crippen LogP contribution in [0.4, 0.5) is 0 Å². The zero-order chi connectivity index (χ0) is 12.5. The number of benzene rings is 1. The molecule has 1 aromatic rings. The van der Waals surface area contributed by atoms with E-state index in [4.69, 9.17) is 4.74 Å². The number of fused-ring (bicyclic) bond motifs is 1. The summed E-state index contributed by atoms with van der Waals surface area (Å²) < 4.78 is 5.58. The average Bonchev–Trinajstić information content (AvgIpc) is 2.69. The van der Waals surface area contributed by atoms with Crippen molar-refractivity contribution >= 4 is 0 Å². The molecule has 0 bridgehead atoms. The van der Waals surface area contributed by atoms with Crippen molar-refractivity contribution in [2.24, 2.45) is 0 Å². The van der Waals surface area contributed by atoms with E-state index in [0.717, 1.165) is 32.3 Å². The molecule has 1 atom stereocenters. The summed E-state index contributed by atoms with van der Waals surface area (Å²) in [4.78, 5) is 0. The summed E-state index contributed by atoms with van der Waals surface area (Å²) >= 11 is 0. The van der Waals surface area contributed by atoms with Crippen LogP contribution in [0, 0.1) is 0 Å². The number of aromatic hydroxyl groups is 1. The Labute approximate surface area is 108 Å². The van der Waals surface area contributed by atoms with E-state index < -0.39 is 0 Å². The van der Waals surface area contributed by atoms with Crippen LogP contribution in [0.15, 0.2) is 18.2 Å². The molecule has 98 valence electrons. The van der Waals surface area contributed by atoms with Gasteiger partial charge in [-0.3, -0.25) is 0 Å². The molecule has 3 heteroatoms. The van der Waals surface area contributed by atoms with Gasteiger partial charge < -0.3 is 15.2 Å². The quantitative estimate of drug-likeness (QED) is 0.859. The van der Waals surface area contributed by atoms with Crippen molar-refractivity contribution in [1.82, 2.24) is 5.32 Å². The van der Waals surface area contributed by atoms with E-state index in [0.29, 0.717) is 23.9 Å². The van der Waals surface area contributed by atoms with Crippen LogP contribution < -0.4 is 5.32 Å². The fourth-order valence-corrected chi connectivity index (χ4v) is 3.14. The predicted molar refractivity (Wildman–Crippen MR) is 70.7 cm³/mol. The summed E-state index contributed by atoms with van der Waals surface area (Å²) in [5.74, 6) is 0.384. The van der Waals surface area contributed by atoms with Gasteiger partial charge in [0, 0.05) is 18.7 Å². The van der Waals surface area contributed by atoms with Crippen LogP contribution in [0.5, 0.6) is 5.75 Å². The van der Waals surface area contributed by atoms with Crippen LogP contribution in [0.3, 0.4) is 0 Å². The molecule has 0 aromatic heterocycles. The Morgan fingerprint density at radius 1 is 1.39 bits per heavy atom. The van der Waals surface area contributed by atoms with Crippen molar-refractivity contribution in [2.75, 3.05) is 6.61 Å². The zero-order valence-corrected chi connectivity index (χ0v) is 10.9. The first-order valence-corrected chi connectivity index (χ1v) is 6.95. The standard InChI is InChI=1S/C15H21NO2/c1-2-18-13-8-11(9-13)16-15-6-3-10-7-12(17)4-5-14(10)15/h4-5,7,11,13,15-17H,2-3,6,8-9H2,1H3. The van der Waals surface area contributed by atoms with E-state index in [-0.39, 0.29) is 0 Å². The predicted octanol–water partition coefficient (Wildman–Crippen LogP) is 2.54. The van der Waals surface area contributed by atoms with E-state index in [1.54, 1.807) is 6.07 Å². The summed E-state index contributed by atoms with van der Waals surface area (Å²) in [6, 6.07) is 6.83. The molecule has 0 radical (unpaired) electrons. The highest BCUT2D eigenvalue weighted by atomic mass is 16.5. The second kappa shape index (κ2) is 4.90. The molecule has 1 unspecified atom stereocenters. The van der Waals surface area contributed by atoms with E-state index in [1.165, 1.54) is 11.1 Å². The minimum atomic E-state index is 0.384. The summed E-state index contributed by atoms with van der Waals surface area (Å²) in [7, 11) is 0. The number of hydrogen-bond donors (Lipinski definition) is 2. The van der Waals surface area contributed by atoms with Gasteiger partial charge in [0.05, 0.1) is 6.10 Å². The molecule has 3 nitrogen and oxygen atoms in total. The van der Waals surface area contributed by atoms with Crippen LogP contribution in [0.1, 0.15) is 43.4 Å². The molecule has 18 heavy (non-hydrogen) atoms. The third kappa shape index (κ3) is 2.25. The lowest BCUT2D eigenvalue weighted by Crippen LogP contribution is -2.46. The molecule has 1 saturated carbocycles. The lowest BCUT2D eigenvalue weighted by atomic mass is 9.88. The molecular weight excluding hydrogens is 226 g/mol. The van der Waals surface area contributed by atoms with Gasteiger partial charge in [-0.25, -0.2) is 0 Å². The highest BCUT2D eigenvalue weighted by Crippen LogP contribution is 2.35. The fraction of sp³-hybridized carbons (Fsp3) is 0.600. The van der Waals surface area contributed by atoms with Gasteiger partial charge in [-0.15, -0.1) is 0 Å². The molecule has 0 saturated heterocycles. The zero-order valence-electron chi connectivity index (χ0n) is 10.9. The molecular formula is C15H21NO2. The summed E-state index contributed by atoms with van der Waals surface area (Å²) in [6.07, 6.45) is 4.96. The maximum atomic E-state index is 9.48. The third-order valence-corrected chi connectivity index (χ3v) is 4.14. The number of phenolic OH excluding ortho intramolecular Hbond substituents is 1.